The molecular formula is C14H18N2O. The summed E-state index contributed by atoms with van der Waals surface area (Å²) < 4.78 is 5.48. The Bertz CT molecular complexity index is 459. The molecule has 1 aromatic heterocycles. The quantitative estimate of drug-likeness (QED) is 0.857. The normalized spacial score (nSPS) is 10.5. The molecule has 0 bridgehead atoms. The molecule has 0 atom stereocenters. The van der Waals surface area contributed by atoms with Gasteiger partial charge in [0.1, 0.15) is 5.76 Å². The number of rotatable bonds is 5. The Kier molecular flexibility index (Phi) is 3.81. The smallest absolute Gasteiger partial charge is 0.294 e. The predicted octanol–water partition coefficient (Wildman–Crippen LogP) is 3.06. The Hall–Kier alpha value is -1.77. The highest BCUT2D eigenvalue weighted by Crippen LogP contribution is 2.12. The average molecular weight is 230 g/mol. The van der Waals surface area contributed by atoms with Gasteiger partial charge in [-0.3, -0.25) is 0 Å². The van der Waals surface area contributed by atoms with E-state index < -0.39 is 0 Å². The Labute approximate surface area is 102 Å². The number of aryl methyl sites for hydroxylation is 3. The van der Waals surface area contributed by atoms with E-state index in [0.717, 1.165) is 25.0 Å². The largest absolute Gasteiger partial charge is 0.429 e. The Morgan fingerprint density at radius 2 is 1.82 bits per heavy atom. The minimum Gasteiger partial charge on any atom is -0.429 e. The van der Waals surface area contributed by atoms with Crippen molar-refractivity contribution in [2.45, 2.75) is 26.2 Å². The van der Waals surface area contributed by atoms with E-state index in [1.165, 1.54) is 11.1 Å². The maximum absolute atomic E-state index is 5.48. The summed E-state index contributed by atoms with van der Waals surface area (Å²) in [6.07, 6.45) is 4.75. The average Bonchev–Trinajstić information content (AvgIpc) is 2.85. The first-order valence-corrected chi connectivity index (χ1v) is 6.02. The van der Waals surface area contributed by atoms with Crippen LogP contribution in [0.15, 0.2) is 34.9 Å². The first-order valence-electron chi connectivity index (χ1n) is 6.02. The second kappa shape index (κ2) is 5.53. The molecule has 0 radical (unpaired) electrons. The van der Waals surface area contributed by atoms with Crippen molar-refractivity contribution < 1.29 is 4.42 Å². The number of benzene rings is 1. The lowest BCUT2D eigenvalue weighted by molar-refractivity contribution is 0.518. The van der Waals surface area contributed by atoms with Crippen molar-refractivity contribution in [3.8, 4) is 0 Å². The second-order valence-electron chi connectivity index (χ2n) is 4.05. The molecule has 17 heavy (non-hydrogen) atoms. The van der Waals surface area contributed by atoms with Gasteiger partial charge in [0.2, 0.25) is 0 Å². The molecule has 3 heteroatoms. The third-order valence-corrected chi connectivity index (χ3v) is 2.86. The van der Waals surface area contributed by atoms with Gasteiger partial charge in [-0.05, 0) is 24.0 Å². The minimum atomic E-state index is 0.585. The van der Waals surface area contributed by atoms with Gasteiger partial charge in [0.25, 0.3) is 6.01 Å². The van der Waals surface area contributed by atoms with E-state index in [2.05, 4.69) is 41.5 Å². The van der Waals surface area contributed by atoms with Crippen molar-refractivity contribution >= 4 is 6.01 Å². The number of hydrogen-bond acceptors (Lipinski definition) is 3. The van der Waals surface area contributed by atoms with Crippen molar-refractivity contribution in [1.29, 1.82) is 0 Å². The van der Waals surface area contributed by atoms with Crippen LogP contribution in [0.5, 0.6) is 0 Å². The summed E-state index contributed by atoms with van der Waals surface area (Å²) >= 11 is 0. The van der Waals surface area contributed by atoms with Crippen LogP contribution in [0.1, 0.15) is 23.8 Å². The van der Waals surface area contributed by atoms with Crippen molar-refractivity contribution in [2.24, 2.45) is 0 Å². The number of hydrogen-bond donors (Lipinski definition) is 1. The predicted molar refractivity (Wildman–Crippen MR) is 69.3 cm³/mol. The zero-order valence-corrected chi connectivity index (χ0v) is 10.4. The van der Waals surface area contributed by atoms with Gasteiger partial charge >= 0.3 is 0 Å². The molecule has 0 aliphatic heterocycles. The molecule has 2 rings (SSSR count). The molecule has 0 aliphatic rings. The van der Waals surface area contributed by atoms with Gasteiger partial charge < -0.3 is 9.73 Å². The molecular weight excluding hydrogens is 212 g/mol. The Morgan fingerprint density at radius 1 is 1.12 bits per heavy atom. The molecule has 0 aliphatic carbocycles. The van der Waals surface area contributed by atoms with Gasteiger partial charge in [0, 0.05) is 13.5 Å². The monoisotopic (exact) mass is 230 g/mol. The van der Waals surface area contributed by atoms with E-state index in [1.807, 2.05) is 0 Å². The number of anilines is 1. The molecule has 1 aromatic carbocycles. The summed E-state index contributed by atoms with van der Waals surface area (Å²) in [5.41, 5.74) is 2.72. The van der Waals surface area contributed by atoms with Crippen LogP contribution in [-0.2, 0) is 19.3 Å². The first-order chi connectivity index (χ1) is 8.31. The van der Waals surface area contributed by atoms with Crippen molar-refractivity contribution in [1.82, 2.24) is 4.98 Å². The SMILES string of the molecule is CCc1ccc(CCc2cnc(NC)o2)cc1. The second-order valence-corrected chi connectivity index (χ2v) is 4.05. The maximum atomic E-state index is 5.48. The van der Waals surface area contributed by atoms with Gasteiger partial charge in [0.05, 0.1) is 6.20 Å². The van der Waals surface area contributed by atoms with Crippen LogP contribution in [0.4, 0.5) is 6.01 Å². The van der Waals surface area contributed by atoms with Gasteiger partial charge in [-0.15, -0.1) is 0 Å². The third-order valence-electron chi connectivity index (χ3n) is 2.86. The molecule has 90 valence electrons. The minimum absolute atomic E-state index is 0.585. The zero-order valence-electron chi connectivity index (χ0n) is 10.4. The molecule has 0 saturated carbocycles. The van der Waals surface area contributed by atoms with Gasteiger partial charge in [-0.2, -0.15) is 0 Å². The fourth-order valence-corrected chi connectivity index (χ4v) is 1.75. The fraction of sp³-hybridized carbons (Fsp3) is 0.357. The lowest BCUT2D eigenvalue weighted by Gasteiger charge is -2.01. The van der Waals surface area contributed by atoms with Gasteiger partial charge in [-0.1, -0.05) is 31.2 Å². The van der Waals surface area contributed by atoms with Crippen molar-refractivity contribution in [3.05, 3.63) is 47.3 Å². The molecule has 1 heterocycles. The molecule has 0 amide bonds. The van der Waals surface area contributed by atoms with Crippen LogP contribution in [0, 0.1) is 0 Å². The van der Waals surface area contributed by atoms with Gasteiger partial charge in [-0.25, -0.2) is 4.98 Å². The van der Waals surface area contributed by atoms with E-state index >= 15 is 0 Å². The topological polar surface area (TPSA) is 38.1 Å². The van der Waals surface area contributed by atoms with Crippen molar-refractivity contribution in [3.63, 3.8) is 0 Å². The Morgan fingerprint density at radius 3 is 2.41 bits per heavy atom. The highest BCUT2D eigenvalue weighted by molar-refractivity contribution is 5.24. The molecule has 3 nitrogen and oxygen atoms in total. The van der Waals surface area contributed by atoms with Crippen molar-refractivity contribution in [2.75, 3.05) is 12.4 Å². The number of aromatic nitrogens is 1. The summed E-state index contributed by atoms with van der Waals surface area (Å²) in [6.45, 7) is 2.17. The third kappa shape index (κ3) is 3.09. The first kappa shape index (κ1) is 11.7. The molecule has 0 spiro atoms. The fourth-order valence-electron chi connectivity index (χ4n) is 1.75. The Balaban J connectivity index is 1.92. The zero-order chi connectivity index (χ0) is 12.1. The van der Waals surface area contributed by atoms with Crippen LogP contribution in [-0.4, -0.2) is 12.0 Å². The molecule has 1 N–H and O–H groups in total. The highest BCUT2D eigenvalue weighted by atomic mass is 16.4. The van der Waals surface area contributed by atoms with Crippen LogP contribution < -0.4 is 5.32 Å². The van der Waals surface area contributed by atoms with E-state index in [9.17, 15) is 0 Å². The highest BCUT2D eigenvalue weighted by Gasteiger charge is 2.02. The molecule has 2 aromatic rings. The van der Waals surface area contributed by atoms with E-state index in [-0.39, 0.29) is 0 Å². The van der Waals surface area contributed by atoms with Gasteiger partial charge in [0.15, 0.2) is 0 Å². The van der Waals surface area contributed by atoms with E-state index in [4.69, 9.17) is 4.42 Å². The lowest BCUT2D eigenvalue weighted by atomic mass is 10.1. The van der Waals surface area contributed by atoms with Crippen LogP contribution in [0.25, 0.3) is 0 Å². The summed E-state index contributed by atoms with van der Waals surface area (Å²) in [5.74, 6) is 0.925. The lowest BCUT2D eigenvalue weighted by Crippen LogP contribution is -1.90. The maximum Gasteiger partial charge on any atom is 0.294 e. The number of nitrogens with one attached hydrogen (secondary N) is 1. The summed E-state index contributed by atoms with van der Waals surface area (Å²) in [7, 11) is 1.80. The standard InChI is InChI=1S/C14H18N2O/c1-3-11-4-6-12(7-5-11)8-9-13-10-16-14(15-2)17-13/h4-7,10H,3,8-9H2,1-2H3,(H,15,16). The van der Waals surface area contributed by atoms with Crippen LogP contribution in [0.2, 0.25) is 0 Å². The van der Waals surface area contributed by atoms with E-state index in [0.29, 0.717) is 6.01 Å². The van der Waals surface area contributed by atoms with Crippen LogP contribution in [0.3, 0.4) is 0 Å². The number of oxazole rings is 1. The summed E-state index contributed by atoms with van der Waals surface area (Å²) in [6, 6.07) is 9.34. The molecule has 0 unspecified atom stereocenters. The molecule has 0 fully saturated rings. The van der Waals surface area contributed by atoms with Crippen LogP contribution >= 0.6 is 0 Å². The summed E-state index contributed by atoms with van der Waals surface area (Å²) in [4.78, 5) is 4.10. The molecule has 0 saturated heterocycles. The van der Waals surface area contributed by atoms with E-state index in [1.54, 1.807) is 13.2 Å². The number of nitrogens with zero attached hydrogens (tertiary/aromatic N) is 1. The summed E-state index contributed by atoms with van der Waals surface area (Å²) in [5, 5.41) is 2.88.